The highest BCUT2D eigenvalue weighted by Crippen LogP contribution is 2.28. The summed E-state index contributed by atoms with van der Waals surface area (Å²) in [7, 11) is 1.56. The van der Waals surface area contributed by atoms with E-state index < -0.39 is 23.7 Å². The molecule has 1 aromatic carbocycles. The zero-order valence-corrected chi connectivity index (χ0v) is 13.3. The van der Waals surface area contributed by atoms with E-state index in [-0.39, 0.29) is 13.0 Å². The minimum Gasteiger partial charge on any atom is -0.497 e. The lowest BCUT2D eigenvalue weighted by molar-refractivity contribution is -0.143. The molecule has 0 saturated heterocycles. The van der Waals surface area contributed by atoms with E-state index >= 15 is 0 Å². The Labute approximate surface area is 129 Å². The molecule has 1 heterocycles. The summed E-state index contributed by atoms with van der Waals surface area (Å²) in [4.78, 5) is 25.1. The molecule has 1 amide bonds. The lowest BCUT2D eigenvalue weighted by Crippen LogP contribution is -2.50. The number of benzene rings is 1. The van der Waals surface area contributed by atoms with Gasteiger partial charge in [0.2, 0.25) is 0 Å². The number of ether oxygens (including phenoxy) is 2. The lowest BCUT2D eigenvalue weighted by Gasteiger charge is -2.35. The number of methoxy groups -OCH3 is 1. The molecule has 0 aromatic heterocycles. The number of amides is 1. The van der Waals surface area contributed by atoms with E-state index in [0.29, 0.717) is 5.75 Å². The van der Waals surface area contributed by atoms with Gasteiger partial charge >= 0.3 is 12.1 Å². The van der Waals surface area contributed by atoms with Crippen LogP contribution in [0.2, 0.25) is 0 Å². The summed E-state index contributed by atoms with van der Waals surface area (Å²) in [5.41, 5.74) is 1.12. The van der Waals surface area contributed by atoms with E-state index in [2.05, 4.69) is 0 Å². The molecule has 1 aliphatic heterocycles. The van der Waals surface area contributed by atoms with Crippen LogP contribution in [0.5, 0.6) is 5.75 Å². The van der Waals surface area contributed by atoms with Crippen molar-refractivity contribution in [3.05, 3.63) is 29.3 Å². The molecule has 0 spiro atoms. The molecule has 6 heteroatoms. The Balaban J connectivity index is 2.30. The Morgan fingerprint density at radius 3 is 2.50 bits per heavy atom. The number of carbonyl (C=O) groups excluding carboxylic acids is 1. The Bertz CT molecular complexity index is 591. The SMILES string of the molecule is COc1ccc2c(c1)C[C@H](C(=O)O)N(C(=O)OC(C)(C)C)C2. The van der Waals surface area contributed by atoms with Gasteiger partial charge in [0.15, 0.2) is 0 Å². The summed E-state index contributed by atoms with van der Waals surface area (Å²) in [6.07, 6.45) is -0.373. The van der Waals surface area contributed by atoms with Crippen LogP contribution < -0.4 is 4.74 Å². The summed E-state index contributed by atoms with van der Waals surface area (Å²) in [6.45, 7) is 5.47. The summed E-state index contributed by atoms with van der Waals surface area (Å²) in [5.74, 6) is -0.368. The van der Waals surface area contributed by atoms with Crippen LogP contribution in [0, 0.1) is 0 Å². The number of carbonyl (C=O) groups is 2. The van der Waals surface area contributed by atoms with Crippen molar-refractivity contribution in [3.8, 4) is 5.75 Å². The van der Waals surface area contributed by atoms with Crippen molar-refractivity contribution in [1.82, 2.24) is 4.90 Å². The van der Waals surface area contributed by atoms with Gasteiger partial charge in [-0.1, -0.05) is 6.07 Å². The number of nitrogens with zero attached hydrogens (tertiary/aromatic N) is 1. The van der Waals surface area contributed by atoms with Crippen LogP contribution in [0.4, 0.5) is 4.79 Å². The second kappa shape index (κ2) is 5.87. The van der Waals surface area contributed by atoms with Gasteiger partial charge in [-0.15, -0.1) is 0 Å². The molecule has 1 N–H and O–H groups in total. The van der Waals surface area contributed by atoms with Crippen LogP contribution in [-0.2, 0) is 22.5 Å². The van der Waals surface area contributed by atoms with Crippen LogP contribution in [0.15, 0.2) is 18.2 Å². The summed E-state index contributed by atoms with van der Waals surface area (Å²) in [6, 6.07) is 4.53. The minimum absolute atomic E-state index is 0.213. The molecule has 2 rings (SSSR count). The predicted molar refractivity (Wildman–Crippen MR) is 79.9 cm³/mol. The van der Waals surface area contributed by atoms with Crippen LogP contribution >= 0.6 is 0 Å². The smallest absolute Gasteiger partial charge is 0.411 e. The molecule has 1 atom stereocenters. The van der Waals surface area contributed by atoms with Gasteiger partial charge in [0.25, 0.3) is 0 Å². The lowest BCUT2D eigenvalue weighted by atomic mass is 9.94. The van der Waals surface area contributed by atoms with Crippen molar-refractivity contribution >= 4 is 12.1 Å². The number of carboxylic acid groups (broad SMARTS) is 1. The van der Waals surface area contributed by atoms with Crippen LogP contribution in [0.25, 0.3) is 0 Å². The molecule has 120 valence electrons. The highest BCUT2D eigenvalue weighted by atomic mass is 16.6. The van der Waals surface area contributed by atoms with E-state index in [9.17, 15) is 14.7 Å². The highest BCUT2D eigenvalue weighted by Gasteiger charge is 2.37. The third-order valence-corrected chi connectivity index (χ3v) is 3.46. The summed E-state index contributed by atoms with van der Waals surface area (Å²) >= 11 is 0. The standard InChI is InChI=1S/C16H21NO5/c1-16(2,3)22-15(20)17-9-10-5-6-12(21-4)7-11(10)8-13(17)14(18)19/h5-7,13H,8-9H2,1-4H3,(H,18,19)/t13-/m1/s1. The molecule has 6 nitrogen and oxygen atoms in total. The van der Waals surface area contributed by atoms with E-state index in [1.165, 1.54) is 4.90 Å². The molecule has 0 bridgehead atoms. The zero-order valence-electron chi connectivity index (χ0n) is 13.3. The first-order valence-corrected chi connectivity index (χ1v) is 7.09. The second-order valence-electron chi connectivity index (χ2n) is 6.30. The number of carboxylic acids is 1. The average molecular weight is 307 g/mol. The molecule has 22 heavy (non-hydrogen) atoms. The maximum atomic E-state index is 12.3. The molecular weight excluding hydrogens is 286 g/mol. The molecule has 0 saturated carbocycles. The van der Waals surface area contributed by atoms with Crippen molar-refractivity contribution < 1.29 is 24.2 Å². The maximum absolute atomic E-state index is 12.3. The van der Waals surface area contributed by atoms with Gasteiger partial charge in [-0.3, -0.25) is 4.90 Å². The van der Waals surface area contributed by atoms with Crippen LogP contribution in [0.3, 0.4) is 0 Å². The third-order valence-electron chi connectivity index (χ3n) is 3.46. The van der Waals surface area contributed by atoms with Crippen molar-refractivity contribution in [2.24, 2.45) is 0 Å². The number of hydrogen-bond donors (Lipinski definition) is 1. The molecule has 1 aliphatic rings. The van der Waals surface area contributed by atoms with Crippen molar-refractivity contribution in [1.29, 1.82) is 0 Å². The number of rotatable bonds is 2. The fourth-order valence-corrected chi connectivity index (χ4v) is 2.42. The third kappa shape index (κ3) is 3.50. The summed E-state index contributed by atoms with van der Waals surface area (Å²) < 4.78 is 10.5. The number of aliphatic carboxylic acids is 1. The Hall–Kier alpha value is -2.24. The quantitative estimate of drug-likeness (QED) is 0.908. The van der Waals surface area contributed by atoms with E-state index in [0.717, 1.165) is 11.1 Å². The molecule has 0 fully saturated rings. The first-order chi connectivity index (χ1) is 10.2. The topological polar surface area (TPSA) is 76.1 Å². The average Bonchev–Trinajstić information content (AvgIpc) is 2.43. The van der Waals surface area contributed by atoms with Crippen molar-refractivity contribution in [2.75, 3.05) is 7.11 Å². The maximum Gasteiger partial charge on any atom is 0.411 e. The zero-order chi connectivity index (χ0) is 16.5. The van der Waals surface area contributed by atoms with E-state index in [1.807, 2.05) is 12.1 Å². The first-order valence-electron chi connectivity index (χ1n) is 7.09. The van der Waals surface area contributed by atoms with Gasteiger partial charge < -0.3 is 14.6 Å². The molecule has 0 aliphatic carbocycles. The monoisotopic (exact) mass is 307 g/mol. The predicted octanol–water partition coefficient (Wildman–Crippen LogP) is 2.44. The van der Waals surface area contributed by atoms with Crippen LogP contribution in [-0.4, -0.2) is 40.8 Å². The molecule has 1 aromatic rings. The minimum atomic E-state index is -1.04. The van der Waals surface area contributed by atoms with Crippen molar-refractivity contribution in [3.63, 3.8) is 0 Å². The normalized spacial score (nSPS) is 17.6. The van der Waals surface area contributed by atoms with Gasteiger partial charge in [-0.2, -0.15) is 0 Å². The van der Waals surface area contributed by atoms with Crippen LogP contribution in [0.1, 0.15) is 31.9 Å². The fraction of sp³-hybridized carbons (Fsp3) is 0.500. The highest BCUT2D eigenvalue weighted by molar-refractivity contribution is 5.81. The number of hydrogen-bond acceptors (Lipinski definition) is 4. The Morgan fingerprint density at radius 2 is 1.95 bits per heavy atom. The van der Waals surface area contributed by atoms with E-state index in [1.54, 1.807) is 33.9 Å². The Kier molecular flexibility index (Phi) is 4.30. The first kappa shape index (κ1) is 16.1. The van der Waals surface area contributed by atoms with Gasteiger partial charge in [-0.05, 0) is 44.0 Å². The molecular formula is C16H21NO5. The van der Waals surface area contributed by atoms with Gasteiger partial charge in [-0.25, -0.2) is 9.59 Å². The van der Waals surface area contributed by atoms with Gasteiger partial charge in [0.05, 0.1) is 13.7 Å². The van der Waals surface area contributed by atoms with Gasteiger partial charge in [0, 0.05) is 6.42 Å². The van der Waals surface area contributed by atoms with Gasteiger partial charge in [0.1, 0.15) is 17.4 Å². The van der Waals surface area contributed by atoms with Crippen molar-refractivity contribution in [2.45, 2.75) is 45.4 Å². The molecule has 0 unspecified atom stereocenters. The fourth-order valence-electron chi connectivity index (χ4n) is 2.42. The number of fused-ring (bicyclic) bond motifs is 1. The Morgan fingerprint density at radius 1 is 1.27 bits per heavy atom. The summed E-state index contributed by atoms with van der Waals surface area (Å²) in [5, 5.41) is 9.43. The largest absolute Gasteiger partial charge is 0.497 e. The van der Waals surface area contributed by atoms with E-state index in [4.69, 9.17) is 9.47 Å². The molecule has 0 radical (unpaired) electrons. The second-order valence-corrected chi connectivity index (χ2v) is 6.30.